The lowest BCUT2D eigenvalue weighted by Gasteiger charge is -2.43. The van der Waals surface area contributed by atoms with Crippen molar-refractivity contribution in [3.63, 3.8) is 0 Å². The third kappa shape index (κ3) is 8.05. The molecule has 0 spiro atoms. The molecular weight excluding hydrogens is 572 g/mol. The van der Waals surface area contributed by atoms with Crippen LogP contribution in [0.2, 0.25) is 0 Å². The van der Waals surface area contributed by atoms with Crippen LogP contribution in [0.15, 0.2) is 59.5 Å². The highest BCUT2D eigenvalue weighted by atomic mass is 32.2. The molecule has 2 fully saturated rings. The van der Waals surface area contributed by atoms with Crippen LogP contribution in [0.4, 0.5) is 10.5 Å². The summed E-state index contributed by atoms with van der Waals surface area (Å²) in [4.78, 5) is 14.0. The number of benzene rings is 2. The Morgan fingerprint density at radius 3 is 2.60 bits per heavy atom. The Morgan fingerprint density at radius 2 is 1.93 bits per heavy atom. The van der Waals surface area contributed by atoms with Gasteiger partial charge in [0, 0.05) is 31.7 Å². The molecular formula is C31H45N4O7S-. The van der Waals surface area contributed by atoms with Gasteiger partial charge in [-0.2, -0.15) is 4.31 Å². The number of aliphatic hydroxyl groups excluding tert-OH is 1. The fraction of sp³-hybridized carbons (Fsp3) is 0.581. The van der Waals surface area contributed by atoms with E-state index in [1.54, 1.807) is 25.2 Å². The molecule has 11 nitrogen and oxygen atoms in total. The van der Waals surface area contributed by atoms with E-state index in [2.05, 4.69) is 5.32 Å². The molecule has 0 bridgehead atoms. The van der Waals surface area contributed by atoms with Crippen LogP contribution in [-0.2, 0) is 25.9 Å². The summed E-state index contributed by atoms with van der Waals surface area (Å²) in [5.41, 5.74) is 6.72. The Kier molecular flexibility index (Phi) is 11.1. The van der Waals surface area contributed by atoms with Gasteiger partial charge in [-0.05, 0) is 61.4 Å². The number of amides is 1. The Hall–Kier alpha value is -2.74. The van der Waals surface area contributed by atoms with Crippen molar-refractivity contribution in [1.29, 1.82) is 0 Å². The molecule has 2 aromatic rings. The molecule has 2 heterocycles. The Labute approximate surface area is 255 Å². The maximum atomic E-state index is 14.2. The number of ether oxygens (including phenoxy) is 2. The van der Waals surface area contributed by atoms with Crippen LogP contribution in [0.3, 0.4) is 0 Å². The van der Waals surface area contributed by atoms with E-state index in [0.717, 1.165) is 5.56 Å². The number of carbonyl (C=O) groups is 1. The normalized spacial score (nSPS) is 21.9. The highest BCUT2D eigenvalue weighted by Crippen LogP contribution is 2.36. The molecule has 12 heteroatoms. The van der Waals surface area contributed by atoms with Gasteiger partial charge in [-0.3, -0.25) is 0 Å². The molecule has 0 unspecified atom stereocenters. The van der Waals surface area contributed by atoms with Gasteiger partial charge in [0.05, 0.1) is 36.3 Å². The van der Waals surface area contributed by atoms with E-state index >= 15 is 0 Å². The summed E-state index contributed by atoms with van der Waals surface area (Å²) in [5, 5.41) is 27.7. The first-order chi connectivity index (χ1) is 20.5. The minimum atomic E-state index is -4.10. The van der Waals surface area contributed by atoms with Gasteiger partial charge in [-0.1, -0.05) is 50.2 Å². The first kappa shape index (κ1) is 33.2. The molecule has 4 rings (SSSR count). The van der Waals surface area contributed by atoms with Crippen LogP contribution >= 0.6 is 0 Å². The van der Waals surface area contributed by atoms with Crippen LogP contribution in [-0.4, -0.2) is 93.2 Å². The largest absolute Gasteiger partial charge is 0.530 e. The molecule has 2 aromatic carbocycles. The average molecular weight is 618 g/mol. The van der Waals surface area contributed by atoms with Crippen molar-refractivity contribution in [1.82, 2.24) is 9.21 Å². The van der Waals surface area contributed by atoms with Gasteiger partial charge in [0.15, 0.2) is 6.29 Å². The topological polar surface area (TPSA) is 157 Å². The molecule has 0 aromatic heterocycles. The van der Waals surface area contributed by atoms with E-state index in [1.165, 1.54) is 15.3 Å². The Bertz CT molecular complexity index is 1310. The number of carbonyl (C=O) groups excluding carboxylic acids is 1. The van der Waals surface area contributed by atoms with E-state index in [0.29, 0.717) is 38.1 Å². The van der Waals surface area contributed by atoms with Gasteiger partial charge in [-0.25, -0.2) is 8.42 Å². The second-order valence-corrected chi connectivity index (χ2v) is 14.2. The highest BCUT2D eigenvalue weighted by Gasteiger charge is 2.47. The molecule has 2 aliphatic rings. The number of rotatable bonds is 15. The summed E-state index contributed by atoms with van der Waals surface area (Å²) in [7, 11) is -2.39. The number of nitrogens with two attached hydrogens (primary N) is 1. The fourth-order valence-electron chi connectivity index (χ4n) is 6.20. The summed E-state index contributed by atoms with van der Waals surface area (Å²) in [6.45, 7) is 4.74. The number of hydrogen-bond acceptors (Lipinski definition) is 9. The number of sulfonamides is 1. The molecule has 1 amide bonds. The summed E-state index contributed by atoms with van der Waals surface area (Å²) >= 11 is 0. The molecule has 4 N–H and O–H groups in total. The van der Waals surface area contributed by atoms with Crippen molar-refractivity contribution < 1.29 is 32.9 Å². The minimum absolute atomic E-state index is 0.0766. The maximum absolute atomic E-state index is 14.2. The average Bonchev–Trinajstić information content (AvgIpc) is 3.61. The second-order valence-electron chi connectivity index (χ2n) is 12.2. The SMILES string of the molecule is CNc1cccc(S(=O)(=O)N(C[C@@H](O)[C@H](Cc2ccccc2)N(C(=O)[O-])[C@H]2CO[C@H]3OCC[C@H]32)CC(C)(C)CCCN)c1. The van der Waals surface area contributed by atoms with E-state index < -0.39 is 46.0 Å². The zero-order chi connectivity index (χ0) is 31.2. The van der Waals surface area contributed by atoms with Gasteiger partial charge in [0.25, 0.3) is 0 Å². The van der Waals surface area contributed by atoms with E-state index in [-0.39, 0.29) is 36.9 Å². The first-order valence-electron chi connectivity index (χ1n) is 14.9. The van der Waals surface area contributed by atoms with Crippen LogP contribution < -0.4 is 16.2 Å². The molecule has 238 valence electrons. The van der Waals surface area contributed by atoms with E-state index in [1.807, 2.05) is 44.2 Å². The van der Waals surface area contributed by atoms with Crippen molar-refractivity contribution in [3.05, 3.63) is 60.2 Å². The maximum Gasteiger partial charge on any atom is 0.243 e. The summed E-state index contributed by atoms with van der Waals surface area (Å²) in [6.07, 6.45) is -1.19. The number of fused-ring (bicyclic) bond motifs is 1. The molecule has 0 aliphatic carbocycles. The number of carboxylic acid groups (broad SMARTS) is 1. The number of anilines is 1. The number of nitrogens with zero attached hydrogens (tertiary/aromatic N) is 2. The predicted octanol–water partition coefficient (Wildman–Crippen LogP) is 1.86. The Balaban J connectivity index is 1.71. The van der Waals surface area contributed by atoms with Crippen LogP contribution in [0.1, 0.15) is 38.7 Å². The standard InChI is InChI=1S/C31H46N4O7S/c1-31(2,14-8-15-32)21-34(43(39,40)24-12-7-11-23(18-24)33-3)19-28(36)26(17-22-9-5-4-6-10-22)35(30(37)38)27-20-42-29-25(27)13-16-41-29/h4-7,9-12,18,25-29,33,36H,8,13-17,19-21,32H2,1-3H3,(H,37,38)/p-1/t25-,26-,27-,28+,29+/m0/s1. The predicted molar refractivity (Wildman–Crippen MR) is 162 cm³/mol. The van der Waals surface area contributed by atoms with Gasteiger partial charge < -0.3 is 40.4 Å². The molecule has 0 radical (unpaired) electrons. The van der Waals surface area contributed by atoms with Crippen molar-refractivity contribution in [2.75, 3.05) is 45.2 Å². The van der Waals surface area contributed by atoms with Crippen molar-refractivity contribution in [3.8, 4) is 0 Å². The monoisotopic (exact) mass is 617 g/mol. The third-order valence-electron chi connectivity index (χ3n) is 8.48. The quantitative estimate of drug-likeness (QED) is 0.271. The molecule has 2 aliphatic heterocycles. The lowest BCUT2D eigenvalue weighted by atomic mass is 9.87. The lowest BCUT2D eigenvalue weighted by molar-refractivity contribution is -0.273. The smallest absolute Gasteiger partial charge is 0.243 e. The van der Waals surface area contributed by atoms with Crippen LogP contribution in [0.25, 0.3) is 0 Å². The van der Waals surface area contributed by atoms with E-state index in [4.69, 9.17) is 15.2 Å². The number of hydrogen-bond donors (Lipinski definition) is 3. The first-order valence-corrected chi connectivity index (χ1v) is 16.3. The third-order valence-corrected chi connectivity index (χ3v) is 10.3. The summed E-state index contributed by atoms with van der Waals surface area (Å²) < 4.78 is 41.0. The van der Waals surface area contributed by atoms with Crippen LogP contribution in [0.5, 0.6) is 0 Å². The summed E-state index contributed by atoms with van der Waals surface area (Å²) in [5.74, 6) is -0.206. The Morgan fingerprint density at radius 1 is 1.19 bits per heavy atom. The minimum Gasteiger partial charge on any atom is -0.530 e. The molecule has 2 saturated heterocycles. The second kappa shape index (κ2) is 14.4. The van der Waals surface area contributed by atoms with Crippen molar-refractivity contribution in [2.24, 2.45) is 17.1 Å². The van der Waals surface area contributed by atoms with Gasteiger partial charge >= 0.3 is 0 Å². The highest BCUT2D eigenvalue weighted by molar-refractivity contribution is 7.89. The molecule has 0 saturated carbocycles. The fourth-order valence-corrected chi connectivity index (χ4v) is 7.89. The van der Waals surface area contributed by atoms with Crippen molar-refractivity contribution in [2.45, 2.75) is 68.9 Å². The van der Waals surface area contributed by atoms with Crippen LogP contribution in [0, 0.1) is 11.3 Å². The number of aliphatic hydroxyl groups is 1. The molecule has 5 atom stereocenters. The van der Waals surface area contributed by atoms with Gasteiger partial charge in [-0.15, -0.1) is 0 Å². The zero-order valence-electron chi connectivity index (χ0n) is 25.2. The van der Waals surface area contributed by atoms with Crippen molar-refractivity contribution >= 4 is 21.8 Å². The zero-order valence-corrected chi connectivity index (χ0v) is 26.0. The van der Waals surface area contributed by atoms with Gasteiger partial charge in [0.2, 0.25) is 10.0 Å². The molecule has 43 heavy (non-hydrogen) atoms. The lowest BCUT2D eigenvalue weighted by Crippen LogP contribution is -2.61. The van der Waals surface area contributed by atoms with E-state index in [9.17, 15) is 23.4 Å². The van der Waals surface area contributed by atoms with Gasteiger partial charge in [0.1, 0.15) is 6.09 Å². The summed E-state index contributed by atoms with van der Waals surface area (Å²) in [6, 6.07) is 14.1. The number of nitrogens with one attached hydrogen (secondary N) is 1.